The van der Waals surface area contributed by atoms with Gasteiger partial charge in [-0.3, -0.25) is 9.59 Å². The van der Waals surface area contributed by atoms with Crippen molar-refractivity contribution in [1.29, 1.82) is 0 Å². The van der Waals surface area contributed by atoms with Gasteiger partial charge in [0.1, 0.15) is 0 Å². The summed E-state index contributed by atoms with van der Waals surface area (Å²) in [5.41, 5.74) is 0. The molecule has 0 amide bonds. The highest BCUT2D eigenvalue weighted by Gasteiger charge is 2.27. The fourth-order valence-electron chi connectivity index (χ4n) is 2.85. The van der Waals surface area contributed by atoms with Gasteiger partial charge in [-0.25, -0.2) is 0 Å². The van der Waals surface area contributed by atoms with Gasteiger partial charge in [-0.15, -0.1) is 0 Å². The Morgan fingerprint density at radius 3 is 2.30 bits per heavy atom. The van der Waals surface area contributed by atoms with Crippen LogP contribution in [-0.4, -0.2) is 36.7 Å². The number of rotatable bonds is 7. The Bertz CT molecular complexity index is 322. The normalized spacial score (nSPS) is 24.4. The highest BCUT2D eigenvalue weighted by molar-refractivity contribution is 5.72. The molecule has 0 aromatic carbocycles. The molecule has 0 bridgehead atoms. The highest BCUT2D eigenvalue weighted by Crippen LogP contribution is 2.25. The van der Waals surface area contributed by atoms with Crippen molar-refractivity contribution < 1.29 is 19.4 Å². The maximum absolute atomic E-state index is 11.4. The molecule has 0 heterocycles. The fraction of sp³-hybridized carbons (Fsp3) is 0.867. The van der Waals surface area contributed by atoms with Crippen LogP contribution in [0.3, 0.4) is 0 Å². The first-order chi connectivity index (χ1) is 9.43. The minimum atomic E-state index is -0.727. The Balaban J connectivity index is 2.32. The lowest BCUT2D eigenvalue weighted by molar-refractivity contribution is -0.146. The molecule has 1 unspecified atom stereocenters. The molecule has 1 aliphatic rings. The van der Waals surface area contributed by atoms with Gasteiger partial charge in [0.25, 0.3) is 0 Å². The van der Waals surface area contributed by atoms with E-state index in [1.807, 2.05) is 13.8 Å². The van der Waals surface area contributed by atoms with Crippen molar-refractivity contribution >= 4 is 11.9 Å². The van der Waals surface area contributed by atoms with Crippen LogP contribution in [0.1, 0.15) is 46.0 Å². The second-order valence-corrected chi connectivity index (χ2v) is 6.14. The Kier molecular flexibility index (Phi) is 6.99. The van der Waals surface area contributed by atoms with Gasteiger partial charge in [0.05, 0.1) is 18.9 Å². The fourth-order valence-corrected chi connectivity index (χ4v) is 2.85. The standard InChI is InChI=1S/C15H27NO4/c1-10(2)8-12(14(17)18)9-16-13-6-4-11(5-7-13)15(19)20-3/h10-13,16H,4-9H2,1-3H3,(H,17,18). The molecule has 1 fully saturated rings. The predicted octanol–water partition coefficient (Wildman–Crippen LogP) is 2.05. The van der Waals surface area contributed by atoms with Crippen LogP contribution in [0.5, 0.6) is 0 Å². The zero-order valence-corrected chi connectivity index (χ0v) is 12.7. The van der Waals surface area contributed by atoms with E-state index < -0.39 is 5.97 Å². The average molecular weight is 285 g/mol. The minimum absolute atomic E-state index is 0.0176. The van der Waals surface area contributed by atoms with Gasteiger partial charge in [0.2, 0.25) is 0 Å². The van der Waals surface area contributed by atoms with Gasteiger partial charge in [-0.1, -0.05) is 13.8 Å². The average Bonchev–Trinajstić information content (AvgIpc) is 2.42. The van der Waals surface area contributed by atoms with Crippen LogP contribution in [0.4, 0.5) is 0 Å². The van der Waals surface area contributed by atoms with Gasteiger partial charge in [-0.05, 0) is 38.0 Å². The van der Waals surface area contributed by atoms with Crippen molar-refractivity contribution in [3.8, 4) is 0 Å². The maximum atomic E-state index is 11.4. The number of carbonyl (C=O) groups is 2. The summed E-state index contributed by atoms with van der Waals surface area (Å²) in [6.45, 7) is 4.59. The smallest absolute Gasteiger partial charge is 0.308 e. The van der Waals surface area contributed by atoms with Crippen LogP contribution < -0.4 is 5.32 Å². The van der Waals surface area contributed by atoms with E-state index in [9.17, 15) is 14.7 Å². The van der Waals surface area contributed by atoms with Crippen LogP contribution in [-0.2, 0) is 14.3 Å². The minimum Gasteiger partial charge on any atom is -0.481 e. The van der Waals surface area contributed by atoms with Crippen molar-refractivity contribution in [2.45, 2.75) is 52.0 Å². The lowest BCUT2D eigenvalue weighted by Gasteiger charge is -2.28. The molecule has 0 aliphatic heterocycles. The molecule has 1 saturated carbocycles. The van der Waals surface area contributed by atoms with Gasteiger partial charge in [0.15, 0.2) is 0 Å². The van der Waals surface area contributed by atoms with Crippen LogP contribution in [0.25, 0.3) is 0 Å². The molecular formula is C15H27NO4. The molecule has 1 atom stereocenters. The van der Waals surface area contributed by atoms with E-state index in [-0.39, 0.29) is 17.8 Å². The van der Waals surface area contributed by atoms with Crippen molar-refractivity contribution in [3.05, 3.63) is 0 Å². The van der Waals surface area contributed by atoms with E-state index in [1.54, 1.807) is 0 Å². The first-order valence-electron chi connectivity index (χ1n) is 7.48. The van der Waals surface area contributed by atoms with Gasteiger partial charge in [-0.2, -0.15) is 0 Å². The third kappa shape index (κ3) is 5.49. The number of carbonyl (C=O) groups excluding carboxylic acids is 1. The van der Waals surface area contributed by atoms with Crippen LogP contribution >= 0.6 is 0 Å². The number of hydrogen-bond acceptors (Lipinski definition) is 4. The Hall–Kier alpha value is -1.10. The SMILES string of the molecule is COC(=O)C1CCC(NCC(CC(C)C)C(=O)O)CC1. The number of hydrogen-bond donors (Lipinski definition) is 2. The number of esters is 1. The molecule has 0 aromatic heterocycles. The highest BCUT2D eigenvalue weighted by atomic mass is 16.5. The summed E-state index contributed by atoms with van der Waals surface area (Å²) in [7, 11) is 1.43. The first kappa shape index (κ1) is 17.0. The second-order valence-electron chi connectivity index (χ2n) is 6.14. The topological polar surface area (TPSA) is 75.6 Å². The van der Waals surface area contributed by atoms with Gasteiger partial charge < -0.3 is 15.2 Å². The van der Waals surface area contributed by atoms with Gasteiger partial charge >= 0.3 is 11.9 Å². The number of aliphatic carboxylic acids is 1. The Labute approximate surface area is 121 Å². The molecule has 0 saturated heterocycles. The number of carboxylic acid groups (broad SMARTS) is 1. The first-order valence-corrected chi connectivity index (χ1v) is 7.48. The summed E-state index contributed by atoms with van der Waals surface area (Å²) in [4.78, 5) is 22.6. The monoisotopic (exact) mass is 285 g/mol. The number of carboxylic acids is 1. The molecular weight excluding hydrogens is 258 g/mol. The van der Waals surface area contributed by atoms with E-state index >= 15 is 0 Å². The quantitative estimate of drug-likeness (QED) is 0.700. The number of methoxy groups -OCH3 is 1. The summed E-state index contributed by atoms with van der Waals surface area (Å²) in [5.74, 6) is -0.772. The van der Waals surface area contributed by atoms with E-state index in [4.69, 9.17) is 4.74 Å². The van der Waals surface area contributed by atoms with Crippen molar-refractivity contribution in [1.82, 2.24) is 5.32 Å². The van der Waals surface area contributed by atoms with Crippen LogP contribution in [0, 0.1) is 17.8 Å². The summed E-state index contributed by atoms with van der Waals surface area (Å²) >= 11 is 0. The zero-order chi connectivity index (χ0) is 15.1. The van der Waals surface area contributed by atoms with Crippen molar-refractivity contribution in [2.75, 3.05) is 13.7 Å². The largest absolute Gasteiger partial charge is 0.481 e. The van der Waals surface area contributed by atoms with E-state index in [0.717, 1.165) is 25.7 Å². The predicted molar refractivity (Wildman–Crippen MR) is 76.3 cm³/mol. The lowest BCUT2D eigenvalue weighted by atomic mass is 9.85. The summed E-state index contributed by atoms with van der Waals surface area (Å²) < 4.78 is 4.76. The van der Waals surface area contributed by atoms with Crippen LogP contribution in [0.2, 0.25) is 0 Å². The number of nitrogens with one attached hydrogen (secondary N) is 1. The number of ether oxygens (including phenoxy) is 1. The molecule has 1 rings (SSSR count). The van der Waals surface area contributed by atoms with Crippen LogP contribution in [0.15, 0.2) is 0 Å². The summed E-state index contributed by atoms with van der Waals surface area (Å²) in [6, 6.07) is 0.324. The summed E-state index contributed by atoms with van der Waals surface area (Å²) in [6.07, 6.45) is 4.17. The third-order valence-corrected chi connectivity index (χ3v) is 4.02. The van der Waals surface area contributed by atoms with Crippen molar-refractivity contribution in [2.24, 2.45) is 17.8 Å². The molecule has 2 N–H and O–H groups in total. The zero-order valence-electron chi connectivity index (χ0n) is 12.7. The molecule has 5 heteroatoms. The van der Waals surface area contributed by atoms with Gasteiger partial charge in [0, 0.05) is 12.6 Å². The molecule has 0 radical (unpaired) electrons. The molecule has 1 aliphatic carbocycles. The Morgan fingerprint density at radius 1 is 1.25 bits per heavy atom. The van der Waals surface area contributed by atoms with E-state index in [1.165, 1.54) is 7.11 Å². The van der Waals surface area contributed by atoms with E-state index in [0.29, 0.717) is 24.9 Å². The molecule has 20 heavy (non-hydrogen) atoms. The Morgan fingerprint density at radius 2 is 1.85 bits per heavy atom. The molecule has 116 valence electrons. The van der Waals surface area contributed by atoms with Crippen molar-refractivity contribution in [3.63, 3.8) is 0 Å². The van der Waals surface area contributed by atoms with E-state index in [2.05, 4.69) is 5.32 Å². The third-order valence-electron chi connectivity index (χ3n) is 4.02. The summed E-state index contributed by atoms with van der Waals surface area (Å²) in [5, 5.41) is 12.6. The maximum Gasteiger partial charge on any atom is 0.308 e. The second kappa shape index (κ2) is 8.25. The lowest BCUT2D eigenvalue weighted by Crippen LogP contribution is -2.39. The molecule has 0 aromatic rings. The molecule has 0 spiro atoms. The molecule has 5 nitrogen and oxygen atoms in total.